The zero-order valence-corrected chi connectivity index (χ0v) is 12.6. The van der Waals surface area contributed by atoms with Gasteiger partial charge in [-0.3, -0.25) is 9.59 Å². The Morgan fingerprint density at radius 3 is 2.39 bits per heavy atom. The van der Waals surface area contributed by atoms with E-state index < -0.39 is 12.0 Å². The minimum atomic E-state index is -0.611. The molecule has 0 spiro atoms. The first-order valence-corrected chi connectivity index (χ1v) is 6.99. The first kappa shape index (κ1) is 17.2. The molecule has 1 amide bonds. The average molecular weight is 276 g/mol. The van der Waals surface area contributed by atoms with Gasteiger partial charge < -0.3 is 15.8 Å². The fourth-order valence-electron chi connectivity index (χ4n) is 1.19. The van der Waals surface area contributed by atoms with Gasteiger partial charge in [-0.25, -0.2) is 0 Å². The van der Waals surface area contributed by atoms with E-state index in [0.717, 1.165) is 0 Å². The normalized spacial score (nSPS) is 14.8. The van der Waals surface area contributed by atoms with E-state index in [2.05, 4.69) is 10.1 Å². The van der Waals surface area contributed by atoms with Crippen molar-refractivity contribution in [3.05, 3.63) is 0 Å². The number of thioether (sulfide) groups is 1. The second kappa shape index (κ2) is 7.63. The lowest BCUT2D eigenvalue weighted by Crippen LogP contribution is -2.44. The quantitative estimate of drug-likeness (QED) is 0.705. The van der Waals surface area contributed by atoms with Crippen LogP contribution in [0.3, 0.4) is 0 Å². The summed E-state index contributed by atoms with van der Waals surface area (Å²) in [5.41, 5.74) is 5.38. The molecule has 18 heavy (non-hydrogen) atoms. The van der Waals surface area contributed by atoms with Gasteiger partial charge in [0.2, 0.25) is 5.91 Å². The van der Waals surface area contributed by atoms with Crippen LogP contribution < -0.4 is 11.1 Å². The summed E-state index contributed by atoms with van der Waals surface area (Å²) in [6, 6.07) is -0.611. The van der Waals surface area contributed by atoms with Crippen molar-refractivity contribution in [2.75, 3.05) is 12.9 Å². The fraction of sp³-hybridized carbons (Fsp3) is 0.833. The van der Waals surface area contributed by atoms with Gasteiger partial charge in [-0.2, -0.15) is 0 Å². The third-order valence-electron chi connectivity index (χ3n) is 2.17. The maximum absolute atomic E-state index is 11.8. The third-order valence-corrected chi connectivity index (χ3v) is 3.35. The molecule has 0 saturated carbocycles. The Kier molecular flexibility index (Phi) is 7.32. The lowest BCUT2D eigenvalue weighted by Gasteiger charge is -2.23. The molecule has 3 N–H and O–H groups in total. The number of amides is 1. The first-order valence-electron chi connectivity index (χ1n) is 5.94. The number of carbonyl (C=O) groups is 2. The summed E-state index contributed by atoms with van der Waals surface area (Å²) < 4.78 is 4.53. The van der Waals surface area contributed by atoms with Crippen molar-refractivity contribution >= 4 is 23.6 Å². The van der Waals surface area contributed by atoms with Crippen LogP contribution in [0.2, 0.25) is 0 Å². The Labute approximate surface area is 113 Å². The third kappa shape index (κ3) is 7.55. The van der Waals surface area contributed by atoms with Gasteiger partial charge in [0.25, 0.3) is 0 Å². The minimum absolute atomic E-state index is 0.000797. The monoisotopic (exact) mass is 276 g/mol. The number of carbonyl (C=O) groups excluding carboxylic acids is 2. The lowest BCUT2D eigenvalue weighted by molar-refractivity contribution is -0.142. The van der Waals surface area contributed by atoms with E-state index in [9.17, 15) is 9.59 Å². The van der Waals surface area contributed by atoms with Gasteiger partial charge in [0, 0.05) is 5.54 Å². The van der Waals surface area contributed by atoms with Gasteiger partial charge >= 0.3 is 5.97 Å². The standard InChI is InChI=1S/C12H24N2O3S/c1-8(10(15)14-12(2,3)4)18-7-6-9(13)11(16)17-5/h8-9H,6-7,13H2,1-5H3,(H,14,15). The average Bonchev–Trinajstić information content (AvgIpc) is 2.25. The van der Waals surface area contributed by atoms with E-state index in [1.165, 1.54) is 18.9 Å². The summed E-state index contributed by atoms with van der Waals surface area (Å²) in [7, 11) is 1.31. The number of hydrogen-bond acceptors (Lipinski definition) is 5. The summed E-state index contributed by atoms with van der Waals surface area (Å²) in [6.07, 6.45) is 0.504. The molecule has 106 valence electrons. The van der Waals surface area contributed by atoms with E-state index in [-0.39, 0.29) is 16.7 Å². The van der Waals surface area contributed by atoms with Gasteiger partial charge in [0.15, 0.2) is 0 Å². The molecule has 0 saturated heterocycles. The van der Waals surface area contributed by atoms with E-state index in [1.807, 2.05) is 27.7 Å². The Balaban J connectivity index is 3.93. The largest absolute Gasteiger partial charge is 0.468 e. The van der Waals surface area contributed by atoms with E-state index in [0.29, 0.717) is 12.2 Å². The van der Waals surface area contributed by atoms with Crippen molar-refractivity contribution in [3.63, 3.8) is 0 Å². The highest BCUT2D eigenvalue weighted by atomic mass is 32.2. The van der Waals surface area contributed by atoms with Crippen molar-refractivity contribution < 1.29 is 14.3 Å². The Bertz CT molecular complexity index is 290. The van der Waals surface area contributed by atoms with Crippen LogP contribution in [0.5, 0.6) is 0 Å². The zero-order chi connectivity index (χ0) is 14.3. The number of ether oxygens (including phenoxy) is 1. The number of nitrogens with one attached hydrogen (secondary N) is 1. The number of esters is 1. The van der Waals surface area contributed by atoms with Crippen LogP contribution in [0.1, 0.15) is 34.1 Å². The van der Waals surface area contributed by atoms with Crippen molar-refractivity contribution in [2.24, 2.45) is 5.73 Å². The van der Waals surface area contributed by atoms with Crippen LogP contribution in [-0.4, -0.2) is 41.6 Å². The van der Waals surface area contributed by atoms with Gasteiger partial charge in [0.1, 0.15) is 6.04 Å². The molecule has 0 aromatic rings. The topological polar surface area (TPSA) is 81.4 Å². The van der Waals surface area contributed by atoms with Crippen molar-refractivity contribution in [1.29, 1.82) is 0 Å². The van der Waals surface area contributed by atoms with Crippen LogP contribution in [0, 0.1) is 0 Å². The summed E-state index contributed by atoms with van der Waals surface area (Å²) in [4.78, 5) is 22.8. The fourth-order valence-corrected chi connectivity index (χ4v) is 2.14. The van der Waals surface area contributed by atoms with Crippen LogP contribution in [-0.2, 0) is 14.3 Å². The Hall–Kier alpha value is -0.750. The molecule has 0 aliphatic heterocycles. The molecule has 0 radical (unpaired) electrons. The van der Waals surface area contributed by atoms with Gasteiger partial charge in [-0.15, -0.1) is 11.8 Å². The molecule has 0 bridgehead atoms. The van der Waals surface area contributed by atoms with E-state index in [4.69, 9.17) is 5.73 Å². The number of rotatable bonds is 6. The summed E-state index contributed by atoms with van der Waals surface area (Å²) >= 11 is 1.48. The Morgan fingerprint density at radius 1 is 1.39 bits per heavy atom. The molecular weight excluding hydrogens is 252 g/mol. The molecule has 0 rings (SSSR count). The molecule has 2 unspecified atom stereocenters. The predicted octanol–water partition coefficient (Wildman–Crippen LogP) is 0.913. The molecule has 0 aromatic heterocycles. The summed E-state index contributed by atoms with van der Waals surface area (Å²) in [5.74, 6) is 0.233. The van der Waals surface area contributed by atoms with Crippen LogP contribution in [0.25, 0.3) is 0 Å². The minimum Gasteiger partial charge on any atom is -0.468 e. The van der Waals surface area contributed by atoms with Crippen LogP contribution >= 0.6 is 11.8 Å². The maximum Gasteiger partial charge on any atom is 0.322 e. The van der Waals surface area contributed by atoms with Gasteiger partial charge in [-0.05, 0) is 39.9 Å². The highest BCUT2D eigenvalue weighted by molar-refractivity contribution is 8.00. The molecule has 0 aliphatic rings. The second-order valence-electron chi connectivity index (χ2n) is 5.17. The van der Waals surface area contributed by atoms with E-state index in [1.54, 1.807) is 0 Å². The van der Waals surface area contributed by atoms with Gasteiger partial charge in [-0.1, -0.05) is 0 Å². The van der Waals surface area contributed by atoms with Crippen LogP contribution in [0.4, 0.5) is 0 Å². The van der Waals surface area contributed by atoms with Crippen LogP contribution in [0.15, 0.2) is 0 Å². The molecule has 0 heterocycles. The van der Waals surface area contributed by atoms with Crippen molar-refractivity contribution in [3.8, 4) is 0 Å². The van der Waals surface area contributed by atoms with Gasteiger partial charge in [0.05, 0.1) is 12.4 Å². The smallest absolute Gasteiger partial charge is 0.322 e. The van der Waals surface area contributed by atoms with Crippen molar-refractivity contribution in [2.45, 2.75) is 50.9 Å². The second-order valence-corrected chi connectivity index (χ2v) is 6.62. The Morgan fingerprint density at radius 2 is 1.94 bits per heavy atom. The highest BCUT2D eigenvalue weighted by Crippen LogP contribution is 2.14. The summed E-state index contributed by atoms with van der Waals surface area (Å²) in [5, 5.41) is 2.75. The molecule has 0 fully saturated rings. The molecule has 0 aromatic carbocycles. The SMILES string of the molecule is COC(=O)C(N)CCSC(C)C(=O)NC(C)(C)C. The lowest BCUT2D eigenvalue weighted by atomic mass is 10.1. The van der Waals surface area contributed by atoms with Crippen molar-refractivity contribution in [1.82, 2.24) is 5.32 Å². The number of methoxy groups -OCH3 is 1. The molecule has 5 nitrogen and oxygen atoms in total. The molecule has 2 atom stereocenters. The molecule has 6 heteroatoms. The number of hydrogen-bond donors (Lipinski definition) is 2. The molecular formula is C12H24N2O3S. The first-order chi connectivity index (χ1) is 8.17. The number of nitrogens with two attached hydrogens (primary N) is 1. The highest BCUT2D eigenvalue weighted by Gasteiger charge is 2.20. The van der Waals surface area contributed by atoms with E-state index >= 15 is 0 Å². The maximum atomic E-state index is 11.8. The molecule has 0 aliphatic carbocycles. The summed E-state index contributed by atoms with van der Waals surface area (Å²) in [6.45, 7) is 7.66. The zero-order valence-electron chi connectivity index (χ0n) is 11.8. The predicted molar refractivity (Wildman–Crippen MR) is 74.4 cm³/mol.